The molecule has 1 unspecified atom stereocenters. The number of hydrogen-bond acceptors (Lipinski definition) is 4. The summed E-state index contributed by atoms with van der Waals surface area (Å²) in [6, 6.07) is 0. The van der Waals surface area contributed by atoms with Gasteiger partial charge in [0.15, 0.2) is 0 Å². The molecule has 2 fully saturated rings. The molecule has 0 aliphatic carbocycles. The van der Waals surface area contributed by atoms with Crippen LogP contribution in [0.1, 0.15) is 0 Å². The third-order valence-electron chi connectivity index (χ3n) is 2.73. The highest BCUT2D eigenvalue weighted by Gasteiger charge is 2.34. The highest BCUT2D eigenvalue weighted by atomic mass is 16.5. The summed E-state index contributed by atoms with van der Waals surface area (Å²) in [4.78, 5) is 13.5. The van der Waals surface area contributed by atoms with Crippen molar-refractivity contribution in [2.45, 2.75) is 6.10 Å². The molecular weight excluding hydrogens is 184 g/mol. The molecule has 0 aromatic rings. The molecule has 2 heterocycles. The Morgan fingerprint density at radius 2 is 2.36 bits per heavy atom. The van der Waals surface area contributed by atoms with Gasteiger partial charge >= 0.3 is 0 Å². The van der Waals surface area contributed by atoms with E-state index >= 15 is 0 Å². The predicted molar refractivity (Wildman–Crippen MR) is 49.8 cm³/mol. The maximum atomic E-state index is 11.7. The van der Waals surface area contributed by atoms with Crippen molar-refractivity contribution in [2.75, 3.05) is 39.4 Å². The molecule has 0 saturated carbocycles. The molecule has 2 aliphatic heterocycles. The molecule has 0 aromatic carbocycles. The summed E-state index contributed by atoms with van der Waals surface area (Å²) in [5.41, 5.74) is 0. The Morgan fingerprint density at radius 3 is 2.93 bits per heavy atom. The maximum Gasteiger partial charge on any atom is 0.253 e. The van der Waals surface area contributed by atoms with E-state index in [9.17, 15) is 4.79 Å². The smallest absolute Gasteiger partial charge is 0.253 e. The summed E-state index contributed by atoms with van der Waals surface area (Å²) in [6.45, 7) is 3.56. The number of ether oxygens (including phenoxy) is 1. The van der Waals surface area contributed by atoms with E-state index in [0.717, 1.165) is 6.54 Å². The lowest BCUT2D eigenvalue weighted by Crippen LogP contribution is -2.57. The Labute approximate surface area is 83.0 Å². The van der Waals surface area contributed by atoms with E-state index in [2.05, 4.69) is 5.32 Å². The van der Waals surface area contributed by atoms with Crippen LogP contribution in [-0.4, -0.2) is 61.4 Å². The van der Waals surface area contributed by atoms with E-state index in [1.165, 1.54) is 0 Å². The molecule has 2 rings (SSSR count). The number of morpholine rings is 1. The normalized spacial score (nSPS) is 28.6. The van der Waals surface area contributed by atoms with Crippen molar-refractivity contribution in [3.63, 3.8) is 0 Å². The average molecular weight is 200 g/mol. The number of aliphatic hydroxyl groups is 1. The second-order valence-electron chi connectivity index (χ2n) is 3.86. The molecule has 1 atom stereocenters. The molecular formula is C9H16N2O3. The molecule has 1 amide bonds. The van der Waals surface area contributed by atoms with Gasteiger partial charge < -0.3 is 20.1 Å². The summed E-state index contributed by atoms with van der Waals surface area (Å²) in [5, 5.41) is 11.9. The summed E-state index contributed by atoms with van der Waals surface area (Å²) < 4.78 is 5.35. The van der Waals surface area contributed by atoms with Crippen LogP contribution in [0.25, 0.3) is 0 Å². The summed E-state index contributed by atoms with van der Waals surface area (Å²) >= 11 is 0. The third kappa shape index (κ3) is 1.89. The largest absolute Gasteiger partial charge is 0.396 e. The number of hydrogen-bond donors (Lipinski definition) is 2. The van der Waals surface area contributed by atoms with Gasteiger partial charge in [0, 0.05) is 38.7 Å². The van der Waals surface area contributed by atoms with E-state index in [1.807, 2.05) is 0 Å². The van der Waals surface area contributed by atoms with Gasteiger partial charge in [0.05, 0.1) is 6.61 Å². The maximum absolute atomic E-state index is 11.7. The zero-order valence-corrected chi connectivity index (χ0v) is 8.11. The number of amides is 1. The Hall–Kier alpha value is -0.650. The Bertz CT molecular complexity index is 210. The number of nitrogens with one attached hydrogen (secondary N) is 1. The minimum Gasteiger partial charge on any atom is -0.396 e. The first-order chi connectivity index (χ1) is 6.81. The predicted octanol–water partition coefficient (Wildman–Crippen LogP) is -1.57. The van der Waals surface area contributed by atoms with Crippen LogP contribution in [0, 0.1) is 5.92 Å². The zero-order valence-electron chi connectivity index (χ0n) is 8.11. The Balaban J connectivity index is 1.78. The molecule has 2 saturated heterocycles. The Morgan fingerprint density at radius 1 is 1.57 bits per heavy atom. The van der Waals surface area contributed by atoms with Gasteiger partial charge in [-0.3, -0.25) is 4.79 Å². The third-order valence-corrected chi connectivity index (χ3v) is 2.73. The van der Waals surface area contributed by atoms with Gasteiger partial charge in [-0.2, -0.15) is 0 Å². The van der Waals surface area contributed by atoms with Crippen molar-refractivity contribution in [2.24, 2.45) is 5.92 Å². The van der Waals surface area contributed by atoms with Crippen LogP contribution in [0.3, 0.4) is 0 Å². The van der Waals surface area contributed by atoms with Gasteiger partial charge in [-0.05, 0) is 0 Å². The van der Waals surface area contributed by atoms with Gasteiger partial charge in [0.2, 0.25) is 0 Å². The summed E-state index contributed by atoms with van der Waals surface area (Å²) in [5.74, 6) is 0.331. The van der Waals surface area contributed by atoms with Crippen molar-refractivity contribution in [3.8, 4) is 0 Å². The second kappa shape index (κ2) is 4.25. The molecule has 2 N–H and O–H groups in total. The molecule has 5 heteroatoms. The molecule has 2 aliphatic rings. The monoisotopic (exact) mass is 200 g/mol. The molecule has 0 aromatic heterocycles. The van der Waals surface area contributed by atoms with E-state index in [1.54, 1.807) is 4.90 Å². The number of carbonyl (C=O) groups excluding carboxylic acids is 1. The standard InChI is InChI=1S/C9H16N2O3/c12-6-7-4-11(5-7)9(13)8-3-10-1-2-14-8/h7-8,10,12H,1-6H2. The van der Waals surface area contributed by atoms with Gasteiger partial charge in [-0.25, -0.2) is 0 Å². The van der Waals surface area contributed by atoms with Crippen molar-refractivity contribution < 1.29 is 14.6 Å². The topological polar surface area (TPSA) is 61.8 Å². The molecule has 80 valence electrons. The lowest BCUT2D eigenvalue weighted by Gasteiger charge is -2.40. The average Bonchev–Trinajstić information content (AvgIpc) is 2.17. The van der Waals surface area contributed by atoms with Crippen molar-refractivity contribution in [1.82, 2.24) is 10.2 Å². The first kappa shape index (κ1) is 9.89. The van der Waals surface area contributed by atoms with E-state index < -0.39 is 0 Å². The zero-order chi connectivity index (χ0) is 9.97. The van der Waals surface area contributed by atoms with Gasteiger partial charge in [-0.15, -0.1) is 0 Å². The second-order valence-corrected chi connectivity index (χ2v) is 3.86. The number of rotatable bonds is 2. The first-order valence-electron chi connectivity index (χ1n) is 5.03. The van der Waals surface area contributed by atoms with E-state index in [-0.39, 0.29) is 24.5 Å². The molecule has 0 spiro atoms. The lowest BCUT2D eigenvalue weighted by molar-refractivity contribution is -0.152. The summed E-state index contributed by atoms with van der Waals surface area (Å²) in [6.07, 6.45) is -0.316. The lowest BCUT2D eigenvalue weighted by atomic mass is 10.0. The first-order valence-corrected chi connectivity index (χ1v) is 5.03. The van der Waals surface area contributed by atoms with Crippen LogP contribution in [0.5, 0.6) is 0 Å². The molecule has 5 nitrogen and oxygen atoms in total. The number of carbonyl (C=O) groups is 1. The minimum atomic E-state index is -0.316. The number of likely N-dealkylation sites (tertiary alicyclic amines) is 1. The van der Waals surface area contributed by atoms with Crippen LogP contribution < -0.4 is 5.32 Å². The van der Waals surface area contributed by atoms with Gasteiger partial charge in [0.1, 0.15) is 6.10 Å². The van der Waals surface area contributed by atoms with Gasteiger partial charge in [0.25, 0.3) is 5.91 Å². The SMILES string of the molecule is O=C(C1CNCCO1)N1CC(CO)C1. The highest BCUT2D eigenvalue weighted by Crippen LogP contribution is 2.16. The fourth-order valence-electron chi connectivity index (χ4n) is 1.79. The number of aliphatic hydroxyl groups excluding tert-OH is 1. The van der Waals surface area contributed by atoms with Crippen molar-refractivity contribution in [1.29, 1.82) is 0 Å². The van der Waals surface area contributed by atoms with Crippen LogP contribution in [0.15, 0.2) is 0 Å². The van der Waals surface area contributed by atoms with Crippen molar-refractivity contribution >= 4 is 5.91 Å². The molecule has 14 heavy (non-hydrogen) atoms. The molecule has 0 radical (unpaired) electrons. The number of nitrogens with zero attached hydrogens (tertiary/aromatic N) is 1. The summed E-state index contributed by atoms with van der Waals surface area (Å²) in [7, 11) is 0. The van der Waals surface area contributed by atoms with Gasteiger partial charge in [-0.1, -0.05) is 0 Å². The van der Waals surface area contributed by atoms with Crippen LogP contribution >= 0.6 is 0 Å². The van der Waals surface area contributed by atoms with Crippen LogP contribution in [0.4, 0.5) is 0 Å². The molecule has 0 bridgehead atoms. The quantitative estimate of drug-likeness (QED) is 0.565. The van der Waals surface area contributed by atoms with E-state index in [0.29, 0.717) is 26.2 Å². The minimum absolute atomic E-state index is 0.0573. The van der Waals surface area contributed by atoms with E-state index in [4.69, 9.17) is 9.84 Å². The van der Waals surface area contributed by atoms with Crippen molar-refractivity contribution in [3.05, 3.63) is 0 Å². The van der Waals surface area contributed by atoms with Crippen LogP contribution in [0.2, 0.25) is 0 Å². The van der Waals surface area contributed by atoms with Crippen LogP contribution in [-0.2, 0) is 9.53 Å². The Kier molecular flexibility index (Phi) is 3.00. The fraction of sp³-hybridized carbons (Fsp3) is 0.889. The highest BCUT2D eigenvalue weighted by molar-refractivity contribution is 5.82. The fourth-order valence-corrected chi connectivity index (χ4v) is 1.79.